The van der Waals surface area contributed by atoms with Crippen molar-refractivity contribution in [2.24, 2.45) is 5.10 Å². The minimum atomic E-state index is -1.22. The fourth-order valence-corrected chi connectivity index (χ4v) is 1.69. The third-order valence-corrected chi connectivity index (χ3v) is 2.76. The number of carboxylic acids is 1. The molecule has 0 aliphatic carbocycles. The first-order chi connectivity index (χ1) is 9.56. The second-order valence-corrected chi connectivity index (χ2v) is 4.30. The highest BCUT2D eigenvalue weighted by molar-refractivity contribution is 5.99. The van der Waals surface area contributed by atoms with E-state index in [-0.39, 0.29) is 5.56 Å². The molecule has 0 amide bonds. The zero-order valence-corrected chi connectivity index (χ0v) is 11.0. The normalized spacial score (nSPS) is 11.2. The number of nitrogens with zero attached hydrogens (tertiary/aromatic N) is 1. The molecule has 0 unspecified atom stereocenters. The molecule has 20 heavy (non-hydrogen) atoms. The molecule has 5 heteroatoms. The van der Waals surface area contributed by atoms with Crippen molar-refractivity contribution in [3.05, 3.63) is 59.7 Å². The van der Waals surface area contributed by atoms with E-state index >= 15 is 0 Å². The largest absolute Gasteiger partial charge is 0.545 e. The lowest BCUT2D eigenvalue weighted by atomic mass is 10.1. The Labute approximate surface area is 116 Å². The summed E-state index contributed by atoms with van der Waals surface area (Å²) in [6.07, 6.45) is 0. The molecule has 0 fully saturated rings. The number of nitrogens with two attached hydrogens (primary N) is 1. The van der Waals surface area contributed by atoms with E-state index in [9.17, 15) is 9.90 Å². The van der Waals surface area contributed by atoms with Gasteiger partial charge < -0.3 is 15.6 Å². The molecule has 0 aromatic heterocycles. The van der Waals surface area contributed by atoms with Crippen LogP contribution >= 0.6 is 0 Å². The number of nitrogen functional groups attached to an aromatic ring is 1. The van der Waals surface area contributed by atoms with Gasteiger partial charge in [0.2, 0.25) is 0 Å². The maximum absolute atomic E-state index is 10.8. The van der Waals surface area contributed by atoms with Crippen LogP contribution in [0.5, 0.6) is 0 Å². The van der Waals surface area contributed by atoms with Gasteiger partial charge in [-0.3, -0.25) is 5.43 Å². The Morgan fingerprint density at radius 3 is 2.55 bits per heavy atom. The molecular formula is C15H14N3O2-. The minimum absolute atomic E-state index is 0.104. The summed E-state index contributed by atoms with van der Waals surface area (Å²) in [6.45, 7) is 1.84. The number of aromatic carboxylic acids is 1. The van der Waals surface area contributed by atoms with Crippen LogP contribution in [0.4, 0.5) is 11.4 Å². The van der Waals surface area contributed by atoms with Crippen molar-refractivity contribution in [2.75, 3.05) is 11.2 Å². The molecule has 0 atom stereocenters. The van der Waals surface area contributed by atoms with Gasteiger partial charge in [-0.15, -0.1) is 0 Å². The van der Waals surface area contributed by atoms with E-state index in [2.05, 4.69) is 10.5 Å². The molecule has 0 aliphatic rings. The van der Waals surface area contributed by atoms with Gasteiger partial charge in [-0.1, -0.05) is 24.3 Å². The number of carbonyl (C=O) groups is 1. The van der Waals surface area contributed by atoms with Crippen LogP contribution < -0.4 is 16.3 Å². The fraction of sp³-hybridized carbons (Fsp3) is 0.0667. The van der Waals surface area contributed by atoms with E-state index < -0.39 is 5.97 Å². The number of carbonyl (C=O) groups excluding carboxylic acids is 1. The highest BCUT2D eigenvalue weighted by Gasteiger charge is 1.99. The number of hydrazone groups is 1. The molecule has 2 aromatic rings. The van der Waals surface area contributed by atoms with E-state index in [4.69, 9.17) is 5.73 Å². The maximum Gasteiger partial charge on any atom is 0.0716 e. The lowest BCUT2D eigenvalue weighted by molar-refractivity contribution is -0.255. The van der Waals surface area contributed by atoms with Gasteiger partial charge in [0.25, 0.3) is 0 Å². The average Bonchev–Trinajstić information content (AvgIpc) is 2.45. The van der Waals surface area contributed by atoms with Crippen molar-refractivity contribution in [3.8, 4) is 0 Å². The standard InChI is InChI=1S/C15H15N3O2/c1-10(11-4-2-6-13(16)8-11)17-18-14-7-3-5-12(9-14)15(19)20/h2-9,18H,16H2,1H3,(H,19,20)/p-1/b17-10-. The Bertz CT molecular complexity index is 666. The summed E-state index contributed by atoms with van der Waals surface area (Å²) < 4.78 is 0. The Morgan fingerprint density at radius 1 is 1.15 bits per heavy atom. The van der Waals surface area contributed by atoms with Gasteiger partial charge in [0, 0.05) is 5.69 Å². The van der Waals surface area contributed by atoms with Crippen LogP contribution in [0, 0.1) is 0 Å². The number of hydrogen-bond donors (Lipinski definition) is 2. The third-order valence-electron chi connectivity index (χ3n) is 2.76. The average molecular weight is 268 g/mol. The van der Waals surface area contributed by atoms with E-state index in [1.54, 1.807) is 18.2 Å². The number of benzene rings is 2. The second-order valence-electron chi connectivity index (χ2n) is 4.30. The van der Waals surface area contributed by atoms with Crippen LogP contribution in [0.1, 0.15) is 22.8 Å². The molecular weight excluding hydrogens is 254 g/mol. The van der Waals surface area contributed by atoms with Crippen LogP contribution in [0.25, 0.3) is 0 Å². The molecule has 0 saturated heterocycles. The van der Waals surface area contributed by atoms with Gasteiger partial charge in [-0.2, -0.15) is 5.10 Å². The van der Waals surface area contributed by atoms with Gasteiger partial charge >= 0.3 is 0 Å². The number of carboxylic acid groups (broad SMARTS) is 1. The molecule has 0 aliphatic heterocycles. The summed E-state index contributed by atoms with van der Waals surface area (Å²) in [5.41, 5.74) is 11.5. The van der Waals surface area contributed by atoms with Crippen LogP contribution in [0.3, 0.4) is 0 Å². The van der Waals surface area contributed by atoms with Crippen molar-refractivity contribution >= 4 is 23.1 Å². The molecule has 0 radical (unpaired) electrons. The summed E-state index contributed by atoms with van der Waals surface area (Å²) >= 11 is 0. The smallest absolute Gasteiger partial charge is 0.0716 e. The maximum atomic E-state index is 10.8. The summed E-state index contributed by atoms with van der Waals surface area (Å²) in [5, 5.41) is 15.0. The van der Waals surface area contributed by atoms with E-state index in [1.807, 2.05) is 25.1 Å². The van der Waals surface area contributed by atoms with Crippen molar-refractivity contribution in [1.82, 2.24) is 0 Å². The minimum Gasteiger partial charge on any atom is -0.545 e. The molecule has 0 bridgehead atoms. The molecule has 102 valence electrons. The zero-order valence-electron chi connectivity index (χ0n) is 11.0. The van der Waals surface area contributed by atoms with Crippen molar-refractivity contribution in [1.29, 1.82) is 0 Å². The van der Waals surface area contributed by atoms with Gasteiger partial charge in [0.05, 0.1) is 17.4 Å². The zero-order chi connectivity index (χ0) is 14.5. The predicted octanol–water partition coefficient (Wildman–Crippen LogP) is 1.47. The first kappa shape index (κ1) is 13.6. The molecule has 0 heterocycles. The molecule has 3 N–H and O–H groups in total. The van der Waals surface area contributed by atoms with Gasteiger partial charge in [-0.05, 0) is 42.3 Å². The van der Waals surface area contributed by atoms with Crippen molar-refractivity contribution in [2.45, 2.75) is 6.92 Å². The second kappa shape index (κ2) is 5.88. The monoisotopic (exact) mass is 268 g/mol. The summed E-state index contributed by atoms with van der Waals surface area (Å²) in [4.78, 5) is 10.8. The lowest BCUT2D eigenvalue weighted by Gasteiger charge is -2.07. The molecule has 0 spiro atoms. The lowest BCUT2D eigenvalue weighted by Crippen LogP contribution is -2.22. The van der Waals surface area contributed by atoms with E-state index in [0.717, 1.165) is 11.3 Å². The fourth-order valence-electron chi connectivity index (χ4n) is 1.69. The summed E-state index contributed by atoms with van der Waals surface area (Å²) in [7, 11) is 0. The number of hydrogen-bond acceptors (Lipinski definition) is 5. The highest BCUT2D eigenvalue weighted by Crippen LogP contribution is 2.12. The van der Waals surface area contributed by atoms with Crippen LogP contribution in [0.15, 0.2) is 53.6 Å². The van der Waals surface area contributed by atoms with Gasteiger partial charge in [-0.25, -0.2) is 0 Å². The van der Waals surface area contributed by atoms with Gasteiger partial charge in [0.15, 0.2) is 0 Å². The molecule has 2 aromatic carbocycles. The van der Waals surface area contributed by atoms with Crippen molar-refractivity contribution < 1.29 is 9.90 Å². The number of rotatable bonds is 4. The first-order valence-corrected chi connectivity index (χ1v) is 6.04. The van der Waals surface area contributed by atoms with Crippen LogP contribution in [-0.2, 0) is 0 Å². The van der Waals surface area contributed by atoms with Crippen LogP contribution in [0.2, 0.25) is 0 Å². The molecule has 2 rings (SSSR count). The Hall–Kier alpha value is -2.82. The highest BCUT2D eigenvalue weighted by atomic mass is 16.4. The van der Waals surface area contributed by atoms with E-state index in [0.29, 0.717) is 11.4 Å². The Morgan fingerprint density at radius 2 is 1.85 bits per heavy atom. The number of anilines is 2. The predicted molar refractivity (Wildman–Crippen MR) is 77.5 cm³/mol. The van der Waals surface area contributed by atoms with Crippen molar-refractivity contribution in [3.63, 3.8) is 0 Å². The Kier molecular flexibility index (Phi) is 4.00. The quantitative estimate of drug-likeness (QED) is 0.499. The SMILES string of the molecule is C/C(=N/Nc1cccc(C(=O)[O-])c1)c1cccc(N)c1. The Balaban J connectivity index is 2.16. The van der Waals surface area contributed by atoms with Crippen LogP contribution in [-0.4, -0.2) is 11.7 Å². The van der Waals surface area contributed by atoms with Gasteiger partial charge in [0.1, 0.15) is 0 Å². The molecule has 5 nitrogen and oxygen atoms in total. The molecule has 0 saturated carbocycles. The van der Waals surface area contributed by atoms with E-state index in [1.165, 1.54) is 12.1 Å². The third kappa shape index (κ3) is 3.35. The summed E-state index contributed by atoms with van der Waals surface area (Å²) in [6, 6.07) is 13.6. The topological polar surface area (TPSA) is 90.5 Å². The first-order valence-electron chi connectivity index (χ1n) is 6.04. The summed E-state index contributed by atoms with van der Waals surface area (Å²) in [5.74, 6) is -1.22. The number of nitrogens with one attached hydrogen (secondary N) is 1.